The van der Waals surface area contributed by atoms with Gasteiger partial charge in [0, 0.05) is 25.7 Å². The summed E-state index contributed by atoms with van der Waals surface area (Å²) in [5, 5.41) is 0. The van der Waals surface area contributed by atoms with Crippen LogP contribution in [0.1, 0.15) is 28.8 Å². The topological polar surface area (TPSA) is 23.6 Å². The van der Waals surface area contributed by atoms with Gasteiger partial charge in [0.1, 0.15) is 0 Å². The summed E-state index contributed by atoms with van der Waals surface area (Å²) in [5.41, 5.74) is 2.10. The molecule has 0 radical (unpaired) electrons. The first kappa shape index (κ1) is 17.2. The molecular formula is C20H26N2O. The molecule has 0 aliphatic carbocycles. The second-order valence-electron chi connectivity index (χ2n) is 6.02. The number of nitrogens with zero attached hydrogens (tertiary/aromatic N) is 2. The lowest BCUT2D eigenvalue weighted by Crippen LogP contribution is -2.28. The molecule has 0 saturated carbocycles. The fourth-order valence-corrected chi connectivity index (χ4v) is 2.61. The summed E-state index contributed by atoms with van der Waals surface area (Å²) < 4.78 is 0. The van der Waals surface area contributed by atoms with Crippen LogP contribution in [0.3, 0.4) is 0 Å². The SMILES string of the molecule is CN(CCCCN(C)C(=O)c1ccccc1)Cc1ccccc1. The van der Waals surface area contributed by atoms with Gasteiger partial charge in [-0.25, -0.2) is 0 Å². The fourth-order valence-electron chi connectivity index (χ4n) is 2.61. The monoisotopic (exact) mass is 310 g/mol. The smallest absolute Gasteiger partial charge is 0.253 e. The molecule has 3 nitrogen and oxygen atoms in total. The van der Waals surface area contributed by atoms with E-state index in [1.807, 2.05) is 48.3 Å². The van der Waals surface area contributed by atoms with Crippen LogP contribution >= 0.6 is 0 Å². The molecule has 0 saturated heterocycles. The van der Waals surface area contributed by atoms with Crippen molar-refractivity contribution in [3.05, 3.63) is 71.8 Å². The van der Waals surface area contributed by atoms with Crippen molar-refractivity contribution >= 4 is 5.91 Å². The summed E-state index contributed by atoms with van der Waals surface area (Å²) in [6.07, 6.45) is 2.12. The molecular weight excluding hydrogens is 284 g/mol. The molecule has 23 heavy (non-hydrogen) atoms. The maximum Gasteiger partial charge on any atom is 0.253 e. The van der Waals surface area contributed by atoms with Gasteiger partial charge in [-0.3, -0.25) is 4.79 Å². The van der Waals surface area contributed by atoms with Crippen LogP contribution in [0.15, 0.2) is 60.7 Å². The number of hydrogen-bond donors (Lipinski definition) is 0. The Bertz CT molecular complexity index is 583. The van der Waals surface area contributed by atoms with Gasteiger partial charge < -0.3 is 9.80 Å². The van der Waals surface area contributed by atoms with Crippen LogP contribution in [0.4, 0.5) is 0 Å². The van der Waals surface area contributed by atoms with Crippen LogP contribution in [0.5, 0.6) is 0 Å². The molecule has 0 aliphatic heterocycles. The minimum Gasteiger partial charge on any atom is -0.342 e. The molecule has 0 aliphatic rings. The second-order valence-corrected chi connectivity index (χ2v) is 6.02. The zero-order chi connectivity index (χ0) is 16.5. The van der Waals surface area contributed by atoms with Crippen LogP contribution in [-0.2, 0) is 6.54 Å². The van der Waals surface area contributed by atoms with Gasteiger partial charge in [0.2, 0.25) is 0 Å². The van der Waals surface area contributed by atoms with Crippen molar-refractivity contribution in [1.82, 2.24) is 9.80 Å². The number of amides is 1. The van der Waals surface area contributed by atoms with E-state index < -0.39 is 0 Å². The van der Waals surface area contributed by atoms with Gasteiger partial charge in [0.25, 0.3) is 5.91 Å². The molecule has 1 amide bonds. The first-order valence-electron chi connectivity index (χ1n) is 8.20. The molecule has 122 valence electrons. The average Bonchev–Trinajstić information content (AvgIpc) is 2.59. The normalized spacial score (nSPS) is 10.7. The highest BCUT2D eigenvalue weighted by atomic mass is 16.2. The summed E-state index contributed by atoms with van der Waals surface area (Å²) in [4.78, 5) is 16.4. The van der Waals surface area contributed by atoms with Gasteiger partial charge >= 0.3 is 0 Å². The van der Waals surface area contributed by atoms with E-state index >= 15 is 0 Å². The summed E-state index contributed by atoms with van der Waals surface area (Å²) in [6, 6.07) is 20.0. The Kier molecular flexibility index (Phi) is 6.82. The fraction of sp³-hybridized carbons (Fsp3) is 0.350. The van der Waals surface area contributed by atoms with Crippen molar-refractivity contribution in [2.24, 2.45) is 0 Å². The minimum absolute atomic E-state index is 0.100. The largest absolute Gasteiger partial charge is 0.342 e. The van der Waals surface area contributed by atoms with Gasteiger partial charge in [-0.15, -0.1) is 0 Å². The number of carbonyl (C=O) groups excluding carboxylic acids is 1. The van der Waals surface area contributed by atoms with Crippen LogP contribution in [-0.4, -0.2) is 42.9 Å². The molecule has 0 N–H and O–H groups in total. The van der Waals surface area contributed by atoms with E-state index in [4.69, 9.17) is 0 Å². The van der Waals surface area contributed by atoms with E-state index in [0.717, 1.165) is 38.0 Å². The van der Waals surface area contributed by atoms with Gasteiger partial charge in [-0.05, 0) is 44.1 Å². The lowest BCUT2D eigenvalue weighted by molar-refractivity contribution is 0.0791. The van der Waals surface area contributed by atoms with Crippen molar-refractivity contribution < 1.29 is 4.79 Å². The molecule has 0 aromatic heterocycles. The number of rotatable bonds is 8. The highest BCUT2D eigenvalue weighted by Crippen LogP contribution is 2.06. The van der Waals surface area contributed by atoms with E-state index in [2.05, 4.69) is 36.2 Å². The lowest BCUT2D eigenvalue weighted by Gasteiger charge is -2.19. The van der Waals surface area contributed by atoms with Crippen LogP contribution < -0.4 is 0 Å². The first-order valence-corrected chi connectivity index (χ1v) is 8.20. The summed E-state index contributed by atoms with van der Waals surface area (Å²) in [6.45, 7) is 2.81. The van der Waals surface area contributed by atoms with Gasteiger partial charge in [0.15, 0.2) is 0 Å². The zero-order valence-electron chi connectivity index (χ0n) is 14.1. The van der Waals surface area contributed by atoms with E-state index in [1.165, 1.54) is 5.56 Å². The van der Waals surface area contributed by atoms with Crippen molar-refractivity contribution in [2.75, 3.05) is 27.2 Å². The van der Waals surface area contributed by atoms with E-state index in [0.29, 0.717) is 0 Å². The molecule has 0 atom stereocenters. The van der Waals surface area contributed by atoms with Crippen LogP contribution in [0.25, 0.3) is 0 Å². The molecule has 0 spiro atoms. The summed E-state index contributed by atoms with van der Waals surface area (Å²) in [7, 11) is 4.02. The van der Waals surface area contributed by atoms with Gasteiger partial charge in [-0.1, -0.05) is 48.5 Å². The zero-order valence-corrected chi connectivity index (χ0v) is 14.1. The van der Waals surface area contributed by atoms with Crippen LogP contribution in [0.2, 0.25) is 0 Å². The summed E-state index contributed by atoms with van der Waals surface area (Å²) >= 11 is 0. The molecule has 3 heteroatoms. The number of carbonyl (C=O) groups is 1. The Balaban J connectivity index is 1.66. The standard InChI is InChI=1S/C20H26N2O/c1-21(17-18-11-5-3-6-12-18)15-9-10-16-22(2)20(23)19-13-7-4-8-14-19/h3-8,11-14H,9-10,15-17H2,1-2H3. The number of unbranched alkanes of at least 4 members (excludes halogenated alkanes) is 1. The maximum absolute atomic E-state index is 12.2. The molecule has 2 aromatic rings. The van der Waals surface area contributed by atoms with Crippen molar-refractivity contribution in [2.45, 2.75) is 19.4 Å². The third-order valence-corrected chi connectivity index (χ3v) is 3.95. The van der Waals surface area contributed by atoms with Crippen molar-refractivity contribution in [3.63, 3.8) is 0 Å². The first-order chi connectivity index (χ1) is 11.2. The highest BCUT2D eigenvalue weighted by Gasteiger charge is 2.10. The Hall–Kier alpha value is -2.13. The average molecular weight is 310 g/mol. The van der Waals surface area contributed by atoms with Crippen molar-refractivity contribution in [1.29, 1.82) is 0 Å². The molecule has 0 fully saturated rings. The van der Waals surface area contributed by atoms with Crippen molar-refractivity contribution in [3.8, 4) is 0 Å². The Labute approximate surface area is 139 Å². The summed E-state index contributed by atoms with van der Waals surface area (Å²) in [5.74, 6) is 0.100. The minimum atomic E-state index is 0.100. The Morgan fingerprint density at radius 2 is 1.39 bits per heavy atom. The molecule has 0 bridgehead atoms. The molecule has 2 rings (SSSR count). The van der Waals surface area contributed by atoms with E-state index in [9.17, 15) is 4.79 Å². The predicted molar refractivity (Wildman–Crippen MR) is 95.4 cm³/mol. The third kappa shape index (κ3) is 5.87. The van der Waals surface area contributed by atoms with E-state index in [-0.39, 0.29) is 5.91 Å². The lowest BCUT2D eigenvalue weighted by atomic mass is 10.2. The molecule has 0 heterocycles. The second kappa shape index (κ2) is 9.11. The van der Waals surface area contributed by atoms with E-state index in [1.54, 1.807) is 0 Å². The molecule has 2 aromatic carbocycles. The molecule has 0 unspecified atom stereocenters. The quantitative estimate of drug-likeness (QED) is 0.695. The Morgan fingerprint density at radius 3 is 2.04 bits per heavy atom. The van der Waals surface area contributed by atoms with Crippen LogP contribution in [0, 0.1) is 0 Å². The van der Waals surface area contributed by atoms with Gasteiger partial charge in [0.05, 0.1) is 0 Å². The Morgan fingerprint density at radius 1 is 0.826 bits per heavy atom. The number of benzene rings is 2. The predicted octanol–water partition coefficient (Wildman–Crippen LogP) is 3.67. The third-order valence-electron chi connectivity index (χ3n) is 3.95. The van der Waals surface area contributed by atoms with Gasteiger partial charge in [-0.2, -0.15) is 0 Å². The highest BCUT2D eigenvalue weighted by molar-refractivity contribution is 5.93. The number of hydrogen-bond acceptors (Lipinski definition) is 2. The maximum atomic E-state index is 12.2.